The zero-order valence-electron chi connectivity index (χ0n) is 24.5. The first-order chi connectivity index (χ1) is 20.6. The Morgan fingerprint density at radius 2 is 1.88 bits per heavy atom. The summed E-state index contributed by atoms with van der Waals surface area (Å²) in [4.78, 5) is 31.4. The third-order valence-corrected chi connectivity index (χ3v) is 8.52. The lowest BCUT2D eigenvalue weighted by molar-refractivity contribution is -0.127. The smallest absolute Gasteiger partial charge is 0.251 e. The van der Waals surface area contributed by atoms with Crippen molar-refractivity contribution in [2.24, 2.45) is 0 Å². The predicted molar refractivity (Wildman–Crippen MR) is 159 cm³/mol. The maximum Gasteiger partial charge on any atom is 0.251 e. The molecule has 3 N–H and O–H groups in total. The first kappa shape index (κ1) is 28.9. The summed E-state index contributed by atoms with van der Waals surface area (Å²) in [6.07, 6.45) is 5.13. The van der Waals surface area contributed by atoms with Crippen molar-refractivity contribution in [3.8, 4) is 28.5 Å². The average molecular weight is 592 g/mol. The summed E-state index contributed by atoms with van der Waals surface area (Å²) in [6.45, 7) is 3.28. The lowest BCUT2D eigenvalue weighted by Gasteiger charge is -2.31. The second-order valence-corrected chi connectivity index (χ2v) is 12.1. The first-order valence-electron chi connectivity index (χ1n) is 14.7. The van der Waals surface area contributed by atoms with Gasteiger partial charge in [-0.15, -0.1) is 0 Å². The van der Waals surface area contributed by atoms with Gasteiger partial charge in [0.05, 0.1) is 25.5 Å². The molecule has 0 radical (unpaired) electrons. The predicted octanol–water partition coefficient (Wildman–Crippen LogP) is 4.64. The summed E-state index contributed by atoms with van der Waals surface area (Å²) in [6, 6.07) is 12.6. The van der Waals surface area contributed by atoms with E-state index < -0.39 is 22.7 Å². The second-order valence-electron chi connectivity index (χ2n) is 12.1. The Morgan fingerprint density at radius 1 is 1.14 bits per heavy atom. The number of ether oxygens (including phenoxy) is 3. The van der Waals surface area contributed by atoms with Crippen molar-refractivity contribution < 1.29 is 34.7 Å². The maximum absolute atomic E-state index is 13.8. The van der Waals surface area contributed by atoms with Crippen LogP contribution in [0.25, 0.3) is 11.3 Å². The highest BCUT2D eigenvalue weighted by Gasteiger charge is 2.47. The van der Waals surface area contributed by atoms with Crippen molar-refractivity contribution in [2.75, 3.05) is 20.3 Å². The number of aromatic nitrogens is 1. The van der Waals surface area contributed by atoms with Crippen LogP contribution in [0.15, 0.2) is 48.5 Å². The van der Waals surface area contributed by atoms with Crippen LogP contribution in [0.5, 0.6) is 17.2 Å². The van der Waals surface area contributed by atoms with Gasteiger partial charge in [0.25, 0.3) is 5.91 Å². The third-order valence-electron chi connectivity index (χ3n) is 8.52. The monoisotopic (exact) mass is 591 g/mol. The summed E-state index contributed by atoms with van der Waals surface area (Å²) >= 11 is 0. The number of carbonyl (C=O) groups is 2. The van der Waals surface area contributed by atoms with E-state index in [-0.39, 0.29) is 38.3 Å². The molecule has 0 spiro atoms. The Hall–Kier alpha value is -4.18. The molecular weight excluding hydrogens is 553 g/mol. The fraction of sp³-hybridized carbons (Fsp3) is 0.424. The van der Waals surface area contributed by atoms with Crippen molar-refractivity contribution in [1.29, 1.82) is 0 Å². The maximum atomic E-state index is 13.8. The molecule has 0 bridgehead atoms. The second kappa shape index (κ2) is 11.1. The number of hydrogen-bond donors (Lipinski definition) is 3. The highest BCUT2D eigenvalue weighted by Crippen LogP contribution is 2.46. The van der Waals surface area contributed by atoms with Crippen LogP contribution in [-0.2, 0) is 15.8 Å². The van der Waals surface area contributed by atoms with Gasteiger partial charge >= 0.3 is 0 Å². The fourth-order valence-electron chi connectivity index (χ4n) is 5.26. The highest BCUT2D eigenvalue weighted by molar-refractivity contribution is 5.95. The lowest BCUT2D eigenvalue weighted by atomic mass is 9.80. The van der Waals surface area contributed by atoms with Gasteiger partial charge in [0.2, 0.25) is 5.91 Å². The summed E-state index contributed by atoms with van der Waals surface area (Å²) in [5.74, 6) is 0.479. The van der Waals surface area contributed by atoms with Gasteiger partial charge < -0.3 is 30.0 Å². The van der Waals surface area contributed by atoms with Crippen LogP contribution in [-0.4, -0.2) is 54.3 Å². The molecule has 3 aliphatic rings. The molecule has 228 valence electrons. The van der Waals surface area contributed by atoms with Gasteiger partial charge in [0.15, 0.2) is 11.5 Å². The number of pyridine rings is 1. The number of fused-ring (bicyclic) bond motifs is 1. The molecule has 2 saturated carbocycles. The molecule has 3 aromatic rings. The molecule has 6 rings (SSSR count). The summed E-state index contributed by atoms with van der Waals surface area (Å²) < 4.78 is 31.1. The zero-order chi connectivity index (χ0) is 30.4. The molecule has 1 aromatic heterocycles. The summed E-state index contributed by atoms with van der Waals surface area (Å²) in [5.41, 5.74) is -0.539. The van der Waals surface area contributed by atoms with E-state index in [1.54, 1.807) is 43.3 Å². The number of methoxy groups -OCH3 is 1. The van der Waals surface area contributed by atoms with Crippen LogP contribution in [0.2, 0.25) is 0 Å². The standard InChI is InChI=1S/C33H36FN3O6.H2/c1-32(31(39)36-22-5-4-6-22)18-42-29-24(32)16-27(37-28(29)19-7-10-21(34)11-8-19)33(2,40)17-35-30(38)20-9-14-25(26(15-20)41-3)43-23-12-13-23;/h7-11,14-16,22-23,40H,4-6,12-13,17-18H2,1-3H3,(H,35,38)(H,36,39);1H/t32-,33-;/m0./s1. The molecule has 10 heteroatoms. The Labute approximate surface area is 251 Å². The molecule has 0 saturated heterocycles. The number of halogens is 1. The molecule has 2 fully saturated rings. The summed E-state index contributed by atoms with van der Waals surface area (Å²) in [7, 11) is 1.52. The first-order valence-corrected chi connectivity index (χ1v) is 14.7. The Kier molecular flexibility index (Phi) is 7.50. The molecular formula is C33H38FN3O6. The number of aliphatic hydroxyl groups is 1. The van der Waals surface area contributed by atoms with Gasteiger partial charge in [-0.3, -0.25) is 9.59 Å². The molecule has 2 atom stereocenters. The van der Waals surface area contributed by atoms with Crippen molar-refractivity contribution in [3.05, 3.63) is 71.2 Å². The van der Waals surface area contributed by atoms with E-state index in [0.29, 0.717) is 39.6 Å². The van der Waals surface area contributed by atoms with Gasteiger partial charge in [0, 0.05) is 24.2 Å². The SMILES string of the molecule is COc1cc(C(=O)NC[C@](C)(O)c2cc3c(c(-c4ccc(F)cc4)n2)OC[C@]3(C)C(=O)NC2CCC2)ccc1OC1CC1.[HH]. The zero-order valence-corrected chi connectivity index (χ0v) is 24.5. The molecule has 2 amide bonds. The Morgan fingerprint density at radius 3 is 2.53 bits per heavy atom. The van der Waals surface area contributed by atoms with E-state index in [9.17, 15) is 19.1 Å². The van der Waals surface area contributed by atoms with E-state index in [1.807, 2.05) is 6.92 Å². The Balaban J connectivity index is 0.00000384. The topological polar surface area (TPSA) is 119 Å². The van der Waals surface area contributed by atoms with Crippen LogP contribution in [0.3, 0.4) is 0 Å². The number of benzene rings is 2. The number of nitrogens with zero attached hydrogens (tertiary/aromatic N) is 1. The average Bonchev–Trinajstić information content (AvgIpc) is 3.73. The van der Waals surface area contributed by atoms with Gasteiger partial charge in [-0.1, -0.05) is 0 Å². The number of amides is 2. The van der Waals surface area contributed by atoms with E-state index in [1.165, 1.54) is 19.2 Å². The van der Waals surface area contributed by atoms with Crippen LogP contribution in [0.4, 0.5) is 4.39 Å². The molecule has 43 heavy (non-hydrogen) atoms. The summed E-state index contributed by atoms with van der Waals surface area (Å²) in [5, 5.41) is 17.6. The van der Waals surface area contributed by atoms with E-state index in [4.69, 9.17) is 19.2 Å². The third kappa shape index (κ3) is 5.76. The van der Waals surface area contributed by atoms with Gasteiger partial charge in [0.1, 0.15) is 34.9 Å². The lowest BCUT2D eigenvalue weighted by Crippen LogP contribution is -2.49. The van der Waals surface area contributed by atoms with Crippen molar-refractivity contribution >= 4 is 11.8 Å². The fourth-order valence-corrected chi connectivity index (χ4v) is 5.26. The molecule has 1 aliphatic heterocycles. The molecule has 2 aliphatic carbocycles. The van der Waals surface area contributed by atoms with Gasteiger partial charge in [-0.25, -0.2) is 9.37 Å². The molecule has 2 heterocycles. The minimum Gasteiger partial charge on any atom is -0.493 e. The van der Waals surface area contributed by atoms with Crippen molar-refractivity contribution in [2.45, 2.75) is 69.1 Å². The highest BCUT2D eigenvalue weighted by atomic mass is 19.1. The van der Waals surface area contributed by atoms with E-state index >= 15 is 0 Å². The van der Waals surface area contributed by atoms with Crippen molar-refractivity contribution in [1.82, 2.24) is 15.6 Å². The van der Waals surface area contributed by atoms with Gasteiger partial charge in [-0.05, 0) is 94.5 Å². The largest absolute Gasteiger partial charge is 0.493 e. The number of rotatable bonds is 10. The minimum absolute atomic E-state index is 0. The van der Waals surface area contributed by atoms with Crippen LogP contribution in [0, 0.1) is 5.82 Å². The van der Waals surface area contributed by atoms with Gasteiger partial charge in [-0.2, -0.15) is 0 Å². The van der Waals surface area contributed by atoms with Crippen LogP contribution in [0.1, 0.15) is 69.0 Å². The molecule has 9 nitrogen and oxygen atoms in total. The normalized spacial score (nSPS) is 20.7. The van der Waals surface area contributed by atoms with E-state index in [2.05, 4.69) is 10.6 Å². The van der Waals surface area contributed by atoms with Crippen LogP contribution < -0.4 is 24.8 Å². The Bertz CT molecular complexity index is 1560. The number of nitrogens with one attached hydrogen (secondary N) is 2. The number of hydrogen-bond acceptors (Lipinski definition) is 7. The molecule has 0 unspecified atom stereocenters. The van der Waals surface area contributed by atoms with E-state index in [0.717, 1.165) is 32.1 Å². The quantitative estimate of drug-likeness (QED) is 0.314. The van der Waals surface area contributed by atoms with Crippen molar-refractivity contribution in [3.63, 3.8) is 0 Å². The number of carbonyl (C=O) groups excluding carboxylic acids is 2. The minimum atomic E-state index is -1.63. The van der Waals surface area contributed by atoms with Crippen LogP contribution >= 0.6 is 0 Å². The molecule has 2 aromatic carbocycles.